The molecule has 4 heteroatoms. The Morgan fingerprint density at radius 2 is 2.06 bits per heavy atom. The first kappa shape index (κ1) is 17.1. The van der Waals surface area contributed by atoms with E-state index in [4.69, 9.17) is 0 Å². The monoisotopic (exact) mass is 257 g/mol. The van der Waals surface area contributed by atoms with Crippen LogP contribution in [0.4, 0.5) is 0 Å². The van der Waals surface area contributed by atoms with Gasteiger partial charge in [-0.15, -0.1) is 6.58 Å². The smallest absolute Gasteiger partial charge is 0.129 e. The predicted molar refractivity (Wildman–Crippen MR) is 70.7 cm³/mol. The fourth-order valence-electron chi connectivity index (χ4n) is 2.38. The van der Waals surface area contributed by atoms with Crippen molar-refractivity contribution >= 4 is 5.97 Å². The van der Waals surface area contributed by atoms with E-state index < -0.39 is 18.1 Å². The van der Waals surface area contributed by atoms with Gasteiger partial charge < -0.3 is 19.5 Å². The van der Waals surface area contributed by atoms with Crippen LogP contribution >= 0.6 is 0 Å². The summed E-state index contributed by atoms with van der Waals surface area (Å²) in [5, 5.41) is 21.0. The van der Waals surface area contributed by atoms with Crippen LogP contribution in [0.1, 0.15) is 39.0 Å². The van der Waals surface area contributed by atoms with Gasteiger partial charge in [-0.2, -0.15) is 0 Å². The van der Waals surface area contributed by atoms with Crippen LogP contribution < -0.4 is 5.11 Å². The van der Waals surface area contributed by atoms with E-state index in [0.717, 1.165) is 19.3 Å². The van der Waals surface area contributed by atoms with Crippen molar-refractivity contribution in [3.8, 4) is 0 Å². The number of carbonyl (C=O) groups excluding carboxylic acids is 1. The maximum atomic E-state index is 11.0. The summed E-state index contributed by atoms with van der Waals surface area (Å²) in [6.45, 7) is 5.93. The van der Waals surface area contributed by atoms with Gasteiger partial charge in [-0.3, -0.25) is 0 Å². The molecule has 0 rings (SSSR count). The van der Waals surface area contributed by atoms with Gasteiger partial charge in [-0.05, 0) is 19.3 Å². The molecule has 0 fully saturated rings. The second-order valence-corrected chi connectivity index (χ2v) is 5.43. The minimum absolute atomic E-state index is 0.265. The lowest BCUT2D eigenvalue weighted by Gasteiger charge is -2.39. The highest BCUT2D eigenvalue weighted by molar-refractivity contribution is 5.69. The molecular formula is C14H27NO3. The van der Waals surface area contributed by atoms with Gasteiger partial charge in [0, 0.05) is 6.42 Å². The number of unbranched alkanes of at least 4 members (excludes halogenated alkanes) is 2. The molecule has 4 nitrogen and oxygen atoms in total. The molecule has 1 N–H and O–H groups in total. The molecule has 2 unspecified atom stereocenters. The first-order valence-corrected chi connectivity index (χ1v) is 6.67. The lowest BCUT2D eigenvalue weighted by atomic mass is 10.1. The minimum Gasteiger partial charge on any atom is -0.544 e. The number of nitrogens with zero attached hydrogens (tertiary/aromatic N) is 1. The molecule has 0 spiro atoms. The van der Waals surface area contributed by atoms with E-state index >= 15 is 0 Å². The number of aliphatic hydroxyl groups is 1. The summed E-state index contributed by atoms with van der Waals surface area (Å²) in [6, 6.07) is -0.562. The molecular weight excluding hydrogens is 230 g/mol. The van der Waals surface area contributed by atoms with Crippen molar-refractivity contribution in [1.82, 2.24) is 0 Å². The van der Waals surface area contributed by atoms with Gasteiger partial charge in [0.2, 0.25) is 0 Å². The Labute approximate surface area is 111 Å². The zero-order chi connectivity index (χ0) is 14.2. The van der Waals surface area contributed by atoms with Gasteiger partial charge in [-0.25, -0.2) is 0 Å². The highest BCUT2D eigenvalue weighted by atomic mass is 16.4. The van der Waals surface area contributed by atoms with E-state index in [1.54, 1.807) is 0 Å². The molecule has 0 aromatic heterocycles. The van der Waals surface area contributed by atoms with E-state index in [1.165, 1.54) is 0 Å². The van der Waals surface area contributed by atoms with E-state index in [-0.39, 0.29) is 4.48 Å². The first-order chi connectivity index (χ1) is 8.35. The molecule has 106 valence electrons. The van der Waals surface area contributed by atoms with Crippen LogP contribution in [0, 0.1) is 0 Å². The van der Waals surface area contributed by atoms with Crippen LogP contribution in [0.25, 0.3) is 0 Å². The van der Waals surface area contributed by atoms with Gasteiger partial charge in [0.25, 0.3) is 0 Å². The van der Waals surface area contributed by atoms with Crippen molar-refractivity contribution in [3.63, 3.8) is 0 Å². The molecule has 2 atom stereocenters. The summed E-state index contributed by atoms with van der Waals surface area (Å²) in [4.78, 5) is 11.0. The predicted octanol–water partition coefficient (Wildman–Crippen LogP) is 0.699. The zero-order valence-electron chi connectivity index (χ0n) is 11.9. The Morgan fingerprint density at radius 1 is 1.44 bits per heavy atom. The molecule has 0 aromatic rings. The number of carbonyl (C=O) groups is 1. The quantitative estimate of drug-likeness (QED) is 0.356. The molecule has 0 aromatic carbocycles. The SMILES string of the molecule is C=CCCCCC(O)C[N+](C)(C)C(CC)C(=O)[O-]. The molecule has 0 saturated carbocycles. The first-order valence-electron chi connectivity index (χ1n) is 6.67. The maximum absolute atomic E-state index is 11.0. The highest BCUT2D eigenvalue weighted by Gasteiger charge is 2.30. The third-order valence-corrected chi connectivity index (χ3v) is 3.38. The van der Waals surface area contributed by atoms with E-state index in [2.05, 4.69) is 6.58 Å². The standard InChI is InChI=1S/C14H27NO3/c1-5-7-8-9-10-12(16)11-15(3,4)13(6-2)14(17)18/h5,12-13,16H,1,6-11H2,2-4H3. The zero-order valence-corrected chi connectivity index (χ0v) is 11.9. The summed E-state index contributed by atoms with van der Waals surface area (Å²) < 4.78 is 0.265. The molecule has 0 bridgehead atoms. The second kappa shape index (κ2) is 8.27. The third-order valence-electron chi connectivity index (χ3n) is 3.38. The van der Waals surface area contributed by atoms with Crippen molar-refractivity contribution in [2.75, 3.05) is 20.6 Å². The molecule has 0 radical (unpaired) electrons. The normalized spacial score (nSPS) is 15.1. The van der Waals surface area contributed by atoms with Crippen molar-refractivity contribution in [2.45, 2.75) is 51.2 Å². The summed E-state index contributed by atoms with van der Waals surface area (Å²) in [5.41, 5.74) is 0. The van der Waals surface area contributed by atoms with Crippen LogP contribution in [-0.4, -0.2) is 48.3 Å². The van der Waals surface area contributed by atoms with Gasteiger partial charge >= 0.3 is 0 Å². The van der Waals surface area contributed by atoms with E-state index in [0.29, 0.717) is 19.4 Å². The van der Waals surface area contributed by atoms with Crippen LogP contribution in [-0.2, 0) is 4.79 Å². The summed E-state index contributed by atoms with van der Waals surface area (Å²) in [6.07, 6.45) is 5.55. The molecule has 0 aliphatic rings. The number of carboxylic acid groups (broad SMARTS) is 1. The van der Waals surface area contributed by atoms with E-state index in [1.807, 2.05) is 27.1 Å². The van der Waals surface area contributed by atoms with E-state index in [9.17, 15) is 15.0 Å². The third kappa shape index (κ3) is 6.17. The molecule has 0 heterocycles. The number of carboxylic acids is 1. The average Bonchev–Trinajstić information content (AvgIpc) is 2.23. The van der Waals surface area contributed by atoms with Gasteiger partial charge in [-0.1, -0.05) is 19.4 Å². The molecule has 0 saturated heterocycles. The van der Waals surface area contributed by atoms with Gasteiger partial charge in [0.1, 0.15) is 18.7 Å². The fraction of sp³-hybridized carbons (Fsp3) is 0.786. The Kier molecular flexibility index (Phi) is 7.87. The van der Waals surface area contributed by atoms with Gasteiger partial charge in [0.15, 0.2) is 0 Å². The summed E-state index contributed by atoms with van der Waals surface area (Å²) in [5.74, 6) is -1.04. The number of rotatable bonds is 10. The lowest BCUT2D eigenvalue weighted by Crippen LogP contribution is -2.59. The number of aliphatic carboxylic acids is 1. The van der Waals surface area contributed by atoms with Crippen LogP contribution in [0.2, 0.25) is 0 Å². The van der Waals surface area contributed by atoms with Crippen molar-refractivity contribution < 1.29 is 19.5 Å². The maximum Gasteiger partial charge on any atom is 0.129 e. The number of hydrogen-bond acceptors (Lipinski definition) is 3. The largest absolute Gasteiger partial charge is 0.544 e. The van der Waals surface area contributed by atoms with Crippen LogP contribution in [0.5, 0.6) is 0 Å². The molecule has 0 amide bonds. The Hall–Kier alpha value is -0.870. The van der Waals surface area contributed by atoms with Crippen LogP contribution in [0.15, 0.2) is 12.7 Å². The minimum atomic E-state index is -1.04. The Balaban J connectivity index is 4.20. The number of hydrogen-bond donors (Lipinski definition) is 1. The van der Waals surface area contributed by atoms with Crippen molar-refractivity contribution in [1.29, 1.82) is 0 Å². The summed E-state index contributed by atoms with van der Waals surface area (Å²) >= 11 is 0. The summed E-state index contributed by atoms with van der Waals surface area (Å²) in [7, 11) is 3.66. The Bertz CT molecular complexity index is 264. The second-order valence-electron chi connectivity index (χ2n) is 5.43. The topological polar surface area (TPSA) is 60.4 Å². The molecule has 0 aliphatic heterocycles. The molecule has 18 heavy (non-hydrogen) atoms. The number of quaternary nitrogens is 1. The van der Waals surface area contributed by atoms with Crippen molar-refractivity contribution in [2.24, 2.45) is 0 Å². The fourth-order valence-corrected chi connectivity index (χ4v) is 2.38. The van der Waals surface area contributed by atoms with Crippen LogP contribution in [0.3, 0.4) is 0 Å². The average molecular weight is 257 g/mol. The molecule has 0 aliphatic carbocycles. The Morgan fingerprint density at radius 3 is 2.50 bits per heavy atom. The highest BCUT2D eigenvalue weighted by Crippen LogP contribution is 2.14. The number of allylic oxidation sites excluding steroid dienone is 1. The number of aliphatic hydroxyl groups excluding tert-OH is 1. The lowest BCUT2D eigenvalue weighted by molar-refractivity contribution is -0.911. The number of likely N-dealkylation sites (N-methyl/N-ethyl adjacent to an activating group) is 1. The van der Waals surface area contributed by atoms with Crippen molar-refractivity contribution in [3.05, 3.63) is 12.7 Å². The van der Waals surface area contributed by atoms with Gasteiger partial charge in [0.05, 0.1) is 20.1 Å².